The molecule has 0 aliphatic heterocycles. The lowest BCUT2D eigenvalue weighted by Crippen LogP contribution is -2.17. The third-order valence-corrected chi connectivity index (χ3v) is 5.01. The first-order chi connectivity index (χ1) is 14.5. The highest BCUT2D eigenvalue weighted by Crippen LogP contribution is 2.22. The molecule has 0 spiro atoms. The molecule has 2 aromatic heterocycles. The van der Waals surface area contributed by atoms with Crippen LogP contribution in [0.25, 0.3) is 0 Å². The fourth-order valence-corrected chi connectivity index (χ4v) is 3.10. The van der Waals surface area contributed by atoms with Crippen molar-refractivity contribution in [2.45, 2.75) is 19.0 Å². The second-order valence-electron chi connectivity index (χ2n) is 6.22. The zero-order valence-corrected chi connectivity index (χ0v) is 17.6. The van der Waals surface area contributed by atoms with Gasteiger partial charge in [-0.2, -0.15) is 5.10 Å². The Morgan fingerprint density at radius 1 is 1.30 bits per heavy atom. The molecule has 1 amide bonds. The van der Waals surface area contributed by atoms with Crippen LogP contribution in [0, 0.1) is 6.92 Å². The van der Waals surface area contributed by atoms with E-state index >= 15 is 0 Å². The second-order valence-corrected chi connectivity index (χ2v) is 7.16. The standard InChI is InChI=1S/C19H22N8O2S/c1-12-10-14(29-3)7-8-15(12)22-17(28)11-30-19-26-25-18(27(19)20)24-23-13(2)16-6-4-5-9-21-16/h4-10H,11,20H2,1-3H3,(H,22,28)(H,24,25)/b23-13+. The number of amides is 1. The number of rotatable bonds is 8. The molecule has 0 fully saturated rings. The predicted molar refractivity (Wildman–Crippen MR) is 117 cm³/mol. The van der Waals surface area contributed by atoms with E-state index in [1.54, 1.807) is 25.4 Å². The van der Waals surface area contributed by atoms with Crippen molar-refractivity contribution < 1.29 is 9.53 Å². The molecule has 0 atom stereocenters. The number of carbonyl (C=O) groups is 1. The highest BCUT2D eigenvalue weighted by molar-refractivity contribution is 7.99. The van der Waals surface area contributed by atoms with Crippen LogP contribution in [0.15, 0.2) is 52.9 Å². The van der Waals surface area contributed by atoms with Crippen molar-refractivity contribution in [3.8, 4) is 5.75 Å². The molecular formula is C19H22N8O2S. The van der Waals surface area contributed by atoms with Crippen molar-refractivity contribution in [2.24, 2.45) is 5.10 Å². The van der Waals surface area contributed by atoms with E-state index in [9.17, 15) is 4.79 Å². The number of aromatic nitrogens is 4. The minimum atomic E-state index is -0.185. The number of pyridine rings is 1. The van der Waals surface area contributed by atoms with Crippen molar-refractivity contribution in [1.29, 1.82) is 0 Å². The van der Waals surface area contributed by atoms with Crippen LogP contribution in [0.4, 0.5) is 11.6 Å². The number of aryl methyl sites for hydroxylation is 1. The van der Waals surface area contributed by atoms with Gasteiger partial charge in [-0.1, -0.05) is 17.8 Å². The Hall–Kier alpha value is -3.60. The topological polar surface area (TPSA) is 132 Å². The van der Waals surface area contributed by atoms with E-state index in [0.717, 1.165) is 22.7 Å². The number of benzene rings is 1. The van der Waals surface area contributed by atoms with E-state index in [0.29, 0.717) is 10.9 Å². The molecule has 4 N–H and O–H groups in total. The average molecular weight is 427 g/mol. The van der Waals surface area contributed by atoms with Gasteiger partial charge in [0.25, 0.3) is 5.95 Å². The largest absolute Gasteiger partial charge is 0.497 e. The van der Waals surface area contributed by atoms with Crippen molar-refractivity contribution in [2.75, 3.05) is 29.4 Å². The number of hydrogen-bond donors (Lipinski definition) is 3. The number of anilines is 2. The van der Waals surface area contributed by atoms with Crippen LogP contribution in [0.1, 0.15) is 18.2 Å². The van der Waals surface area contributed by atoms with Gasteiger partial charge in [-0.3, -0.25) is 9.78 Å². The Kier molecular flexibility index (Phi) is 6.86. The van der Waals surface area contributed by atoms with Gasteiger partial charge in [0.2, 0.25) is 11.1 Å². The molecule has 0 aliphatic rings. The maximum atomic E-state index is 12.3. The van der Waals surface area contributed by atoms with Gasteiger partial charge in [-0.15, -0.1) is 10.2 Å². The Morgan fingerprint density at radius 2 is 2.13 bits per heavy atom. The second kappa shape index (κ2) is 9.74. The quantitative estimate of drug-likeness (QED) is 0.216. The van der Waals surface area contributed by atoms with Crippen LogP contribution in [0.5, 0.6) is 5.75 Å². The molecule has 3 rings (SSSR count). The molecule has 3 aromatic rings. The Labute approximate surface area is 177 Å². The molecule has 0 aliphatic carbocycles. The maximum Gasteiger partial charge on any atom is 0.264 e. The highest BCUT2D eigenvalue weighted by atomic mass is 32.2. The number of hydrogen-bond acceptors (Lipinski definition) is 9. The first-order valence-corrected chi connectivity index (χ1v) is 9.96. The molecule has 0 bridgehead atoms. The number of thioether (sulfide) groups is 1. The summed E-state index contributed by atoms with van der Waals surface area (Å²) in [7, 11) is 1.60. The molecule has 156 valence electrons. The van der Waals surface area contributed by atoms with Crippen molar-refractivity contribution in [1.82, 2.24) is 19.9 Å². The SMILES string of the molecule is COc1ccc(NC(=O)CSc2nnc(N/N=C(\C)c3ccccn3)n2N)c(C)c1. The molecular weight excluding hydrogens is 404 g/mol. The van der Waals surface area contributed by atoms with Crippen LogP contribution < -0.4 is 21.3 Å². The summed E-state index contributed by atoms with van der Waals surface area (Å²) >= 11 is 1.17. The Morgan fingerprint density at radius 3 is 2.83 bits per heavy atom. The Balaban J connectivity index is 1.56. The van der Waals surface area contributed by atoms with E-state index in [1.807, 2.05) is 38.1 Å². The van der Waals surface area contributed by atoms with Gasteiger partial charge in [0, 0.05) is 11.9 Å². The monoisotopic (exact) mass is 426 g/mol. The third-order valence-electron chi connectivity index (χ3n) is 4.06. The zero-order chi connectivity index (χ0) is 21.5. The lowest BCUT2D eigenvalue weighted by atomic mass is 10.2. The number of nitrogens with zero attached hydrogens (tertiary/aromatic N) is 5. The summed E-state index contributed by atoms with van der Waals surface area (Å²) in [6, 6.07) is 11.0. The summed E-state index contributed by atoms with van der Waals surface area (Å²) in [6.45, 7) is 3.71. The van der Waals surface area contributed by atoms with E-state index in [2.05, 4.69) is 31.0 Å². The van der Waals surface area contributed by atoms with Crippen molar-refractivity contribution in [3.63, 3.8) is 0 Å². The normalized spacial score (nSPS) is 11.2. The minimum Gasteiger partial charge on any atom is -0.497 e. The van der Waals surface area contributed by atoms with Gasteiger partial charge in [0.15, 0.2) is 0 Å². The molecule has 0 saturated carbocycles. The summed E-state index contributed by atoms with van der Waals surface area (Å²) in [6.07, 6.45) is 1.69. The van der Waals surface area contributed by atoms with Crippen LogP contribution in [0.2, 0.25) is 0 Å². The van der Waals surface area contributed by atoms with Gasteiger partial charge in [-0.05, 0) is 49.7 Å². The summed E-state index contributed by atoms with van der Waals surface area (Å²) in [4.78, 5) is 16.5. The molecule has 0 unspecified atom stereocenters. The lowest BCUT2D eigenvalue weighted by molar-refractivity contribution is -0.113. The van der Waals surface area contributed by atoms with Gasteiger partial charge in [0.05, 0.1) is 24.3 Å². The number of nitrogens with two attached hydrogens (primary N) is 1. The molecule has 2 heterocycles. The molecule has 1 aromatic carbocycles. The fourth-order valence-electron chi connectivity index (χ4n) is 2.44. The summed E-state index contributed by atoms with van der Waals surface area (Å²) < 4.78 is 6.41. The first-order valence-electron chi connectivity index (χ1n) is 8.97. The lowest BCUT2D eigenvalue weighted by Gasteiger charge is -2.09. The summed E-state index contributed by atoms with van der Waals surface area (Å²) in [5.41, 5.74) is 5.79. The van der Waals surface area contributed by atoms with Crippen LogP contribution in [0.3, 0.4) is 0 Å². The number of nitrogens with one attached hydrogen (secondary N) is 2. The van der Waals surface area contributed by atoms with E-state index in [1.165, 1.54) is 16.4 Å². The van der Waals surface area contributed by atoms with Gasteiger partial charge in [-0.25, -0.2) is 10.1 Å². The first kappa shape index (κ1) is 21.1. The van der Waals surface area contributed by atoms with Crippen molar-refractivity contribution >= 4 is 35.0 Å². The highest BCUT2D eigenvalue weighted by Gasteiger charge is 2.13. The number of carbonyl (C=O) groups excluding carboxylic acids is 1. The van der Waals surface area contributed by atoms with Crippen LogP contribution in [-0.4, -0.2) is 44.3 Å². The molecule has 0 saturated heterocycles. The summed E-state index contributed by atoms with van der Waals surface area (Å²) in [5, 5.41) is 15.4. The maximum absolute atomic E-state index is 12.3. The van der Waals surface area contributed by atoms with E-state index in [-0.39, 0.29) is 17.6 Å². The molecule has 11 heteroatoms. The van der Waals surface area contributed by atoms with E-state index < -0.39 is 0 Å². The average Bonchev–Trinajstić information content (AvgIpc) is 3.12. The number of methoxy groups -OCH3 is 1. The smallest absolute Gasteiger partial charge is 0.264 e. The molecule has 30 heavy (non-hydrogen) atoms. The Bertz CT molecular complexity index is 1050. The number of hydrazone groups is 1. The van der Waals surface area contributed by atoms with Gasteiger partial charge in [0.1, 0.15) is 5.75 Å². The minimum absolute atomic E-state index is 0.122. The zero-order valence-electron chi connectivity index (χ0n) is 16.8. The van der Waals surface area contributed by atoms with Gasteiger partial charge < -0.3 is 15.9 Å². The summed E-state index contributed by atoms with van der Waals surface area (Å²) in [5.74, 6) is 6.92. The fraction of sp³-hybridized carbons (Fsp3) is 0.211. The van der Waals surface area contributed by atoms with E-state index in [4.69, 9.17) is 10.6 Å². The predicted octanol–water partition coefficient (Wildman–Crippen LogP) is 2.27. The molecule has 10 nitrogen and oxygen atoms in total. The van der Waals surface area contributed by atoms with Crippen LogP contribution >= 0.6 is 11.8 Å². The molecule has 0 radical (unpaired) electrons. The third kappa shape index (κ3) is 5.26. The number of ether oxygens (including phenoxy) is 1. The van der Waals surface area contributed by atoms with Crippen LogP contribution in [-0.2, 0) is 4.79 Å². The van der Waals surface area contributed by atoms with Crippen molar-refractivity contribution in [3.05, 3.63) is 53.9 Å². The number of nitrogen functional groups attached to an aromatic ring is 1. The van der Waals surface area contributed by atoms with Gasteiger partial charge >= 0.3 is 0 Å².